The fourth-order valence-corrected chi connectivity index (χ4v) is 7.88. The maximum Gasteiger partial charge on any atom is 0.306 e. The van der Waals surface area contributed by atoms with Crippen molar-refractivity contribution in [1.29, 1.82) is 0 Å². The van der Waals surface area contributed by atoms with Gasteiger partial charge in [0.15, 0.2) is 6.10 Å². The molecular weight excluding hydrogens is 781 g/mol. The van der Waals surface area contributed by atoms with E-state index in [1.807, 2.05) is 0 Å². The van der Waals surface area contributed by atoms with E-state index < -0.39 is 6.10 Å². The first-order chi connectivity index (χ1) is 31.0. The number of rotatable bonds is 50. The SMILES string of the molecule is CCCC/C=C\CCCCCCCC(=O)OCC(COC(=O)CCCCCCCCC/C=C\CCCCCCCCC)OC(=O)CCCCCCC/C=C\CCCCCCCCC. The maximum atomic E-state index is 12.8. The van der Waals surface area contributed by atoms with Gasteiger partial charge in [0.2, 0.25) is 0 Å². The van der Waals surface area contributed by atoms with Crippen molar-refractivity contribution in [2.75, 3.05) is 13.2 Å². The molecule has 0 heterocycles. The predicted octanol–water partition coefficient (Wildman–Crippen LogP) is 18.1. The zero-order valence-corrected chi connectivity index (χ0v) is 42.1. The van der Waals surface area contributed by atoms with Crippen LogP contribution in [0.15, 0.2) is 36.5 Å². The van der Waals surface area contributed by atoms with Crippen LogP contribution >= 0.6 is 0 Å². The van der Waals surface area contributed by atoms with Crippen molar-refractivity contribution in [2.45, 2.75) is 297 Å². The van der Waals surface area contributed by atoms with E-state index in [1.165, 1.54) is 180 Å². The van der Waals surface area contributed by atoms with Gasteiger partial charge >= 0.3 is 17.9 Å². The summed E-state index contributed by atoms with van der Waals surface area (Å²) in [6.07, 6.45) is 61.3. The quantitative estimate of drug-likeness (QED) is 0.0262. The first-order valence-corrected chi connectivity index (χ1v) is 27.5. The summed E-state index contributed by atoms with van der Waals surface area (Å²) in [6.45, 7) is 6.60. The smallest absolute Gasteiger partial charge is 0.306 e. The van der Waals surface area contributed by atoms with Crippen LogP contribution in [0.1, 0.15) is 290 Å². The second-order valence-electron chi connectivity index (χ2n) is 18.5. The van der Waals surface area contributed by atoms with E-state index in [9.17, 15) is 14.4 Å². The molecule has 63 heavy (non-hydrogen) atoms. The molecule has 0 aromatic carbocycles. The average Bonchev–Trinajstić information content (AvgIpc) is 3.28. The molecule has 0 N–H and O–H groups in total. The third-order valence-electron chi connectivity index (χ3n) is 12.1. The first kappa shape index (κ1) is 60.6. The van der Waals surface area contributed by atoms with Crippen molar-refractivity contribution >= 4 is 17.9 Å². The molecule has 0 amide bonds. The Morgan fingerprint density at radius 3 is 0.841 bits per heavy atom. The molecule has 0 spiro atoms. The Kier molecular flexibility index (Phi) is 50.3. The summed E-state index contributed by atoms with van der Waals surface area (Å²) in [5, 5.41) is 0. The lowest BCUT2D eigenvalue weighted by Gasteiger charge is -2.18. The van der Waals surface area contributed by atoms with E-state index in [4.69, 9.17) is 14.2 Å². The molecule has 0 saturated heterocycles. The lowest BCUT2D eigenvalue weighted by Crippen LogP contribution is -2.30. The van der Waals surface area contributed by atoms with E-state index >= 15 is 0 Å². The molecule has 1 unspecified atom stereocenters. The molecule has 0 bridgehead atoms. The van der Waals surface area contributed by atoms with E-state index in [1.54, 1.807) is 0 Å². The molecule has 0 aromatic heterocycles. The van der Waals surface area contributed by atoms with Gasteiger partial charge in [0.25, 0.3) is 0 Å². The van der Waals surface area contributed by atoms with Gasteiger partial charge in [-0.3, -0.25) is 14.4 Å². The number of carbonyl (C=O) groups excluding carboxylic acids is 3. The molecule has 368 valence electrons. The van der Waals surface area contributed by atoms with E-state index in [2.05, 4.69) is 57.2 Å². The fourth-order valence-electron chi connectivity index (χ4n) is 7.88. The topological polar surface area (TPSA) is 78.9 Å². The number of hydrogen-bond donors (Lipinski definition) is 0. The molecule has 0 saturated carbocycles. The molecule has 0 aliphatic rings. The van der Waals surface area contributed by atoms with Gasteiger partial charge in [0.05, 0.1) is 0 Å². The van der Waals surface area contributed by atoms with Crippen molar-refractivity contribution in [3.63, 3.8) is 0 Å². The molecule has 0 radical (unpaired) electrons. The lowest BCUT2D eigenvalue weighted by atomic mass is 10.1. The van der Waals surface area contributed by atoms with Crippen molar-refractivity contribution in [1.82, 2.24) is 0 Å². The van der Waals surface area contributed by atoms with Crippen LogP contribution in [0.5, 0.6) is 0 Å². The lowest BCUT2D eigenvalue weighted by molar-refractivity contribution is -0.167. The maximum absolute atomic E-state index is 12.8. The van der Waals surface area contributed by atoms with Gasteiger partial charge < -0.3 is 14.2 Å². The van der Waals surface area contributed by atoms with Crippen LogP contribution in [-0.2, 0) is 28.6 Å². The molecule has 0 aliphatic carbocycles. The molecule has 0 aliphatic heterocycles. The molecule has 6 nitrogen and oxygen atoms in total. The third-order valence-corrected chi connectivity index (χ3v) is 12.1. The summed E-state index contributed by atoms with van der Waals surface area (Å²) in [5.41, 5.74) is 0. The zero-order chi connectivity index (χ0) is 45.8. The van der Waals surface area contributed by atoms with Crippen LogP contribution < -0.4 is 0 Å². The van der Waals surface area contributed by atoms with Crippen molar-refractivity contribution < 1.29 is 28.6 Å². The molecule has 0 fully saturated rings. The molecule has 0 aromatic rings. The van der Waals surface area contributed by atoms with Crippen LogP contribution in [0.3, 0.4) is 0 Å². The van der Waals surface area contributed by atoms with Crippen molar-refractivity contribution in [3.8, 4) is 0 Å². The molecular formula is C57H104O6. The summed E-state index contributed by atoms with van der Waals surface area (Å²) >= 11 is 0. The van der Waals surface area contributed by atoms with E-state index in [0.717, 1.165) is 70.6 Å². The largest absolute Gasteiger partial charge is 0.462 e. The van der Waals surface area contributed by atoms with Gasteiger partial charge in [-0.05, 0) is 89.9 Å². The fraction of sp³-hybridized carbons (Fsp3) is 0.842. The number of unbranched alkanes of at least 4 members (excludes halogenated alkanes) is 33. The normalized spacial score (nSPS) is 12.2. The Balaban J connectivity index is 4.34. The van der Waals surface area contributed by atoms with Crippen molar-refractivity contribution in [2.24, 2.45) is 0 Å². The minimum absolute atomic E-state index is 0.0787. The number of ether oxygens (including phenoxy) is 3. The number of hydrogen-bond acceptors (Lipinski definition) is 6. The van der Waals surface area contributed by atoms with Gasteiger partial charge in [-0.15, -0.1) is 0 Å². The summed E-state index contributed by atoms with van der Waals surface area (Å²) < 4.78 is 16.8. The van der Waals surface area contributed by atoms with Crippen LogP contribution in [0.25, 0.3) is 0 Å². The number of allylic oxidation sites excluding steroid dienone is 6. The highest BCUT2D eigenvalue weighted by Gasteiger charge is 2.19. The van der Waals surface area contributed by atoms with Crippen LogP contribution in [-0.4, -0.2) is 37.2 Å². The first-order valence-electron chi connectivity index (χ1n) is 27.5. The Morgan fingerprint density at radius 2 is 0.540 bits per heavy atom. The van der Waals surface area contributed by atoms with Crippen LogP contribution in [0.4, 0.5) is 0 Å². The van der Waals surface area contributed by atoms with Gasteiger partial charge in [-0.25, -0.2) is 0 Å². The average molecular weight is 885 g/mol. The summed E-state index contributed by atoms with van der Waals surface area (Å²) in [4.78, 5) is 38.0. The van der Waals surface area contributed by atoms with Gasteiger partial charge in [-0.2, -0.15) is 0 Å². The van der Waals surface area contributed by atoms with E-state index in [0.29, 0.717) is 19.3 Å². The van der Waals surface area contributed by atoms with Crippen LogP contribution in [0, 0.1) is 0 Å². The molecule has 6 heteroatoms. The highest BCUT2D eigenvalue weighted by molar-refractivity contribution is 5.71. The van der Waals surface area contributed by atoms with Gasteiger partial charge in [-0.1, -0.05) is 218 Å². The Labute approximate surface area is 391 Å². The van der Waals surface area contributed by atoms with Gasteiger partial charge in [0.1, 0.15) is 13.2 Å². The predicted molar refractivity (Wildman–Crippen MR) is 270 cm³/mol. The third kappa shape index (κ3) is 50.5. The second kappa shape index (κ2) is 52.3. The number of carbonyl (C=O) groups is 3. The highest BCUT2D eigenvalue weighted by Crippen LogP contribution is 2.15. The van der Waals surface area contributed by atoms with Crippen molar-refractivity contribution in [3.05, 3.63) is 36.5 Å². The van der Waals surface area contributed by atoms with Crippen LogP contribution in [0.2, 0.25) is 0 Å². The Hall–Kier alpha value is -2.37. The molecule has 1 atom stereocenters. The summed E-state index contributed by atoms with van der Waals surface area (Å²) in [5.74, 6) is -0.890. The molecule has 0 rings (SSSR count). The van der Waals surface area contributed by atoms with Gasteiger partial charge in [0, 0.05) is 19.3 Å². The van der Waals surface area contributed by atoms with E-state index in [-0.39, 0.29) is 31.1 Å². The standard InChI is InChI=1S/C57H104O6/c1-4-7-10-13-16-19-22-24-26-28-29-31-32-35-38-41-44-47-50-56(59)62-53-54(52-61-55(58)49-46-43-40-37-34-21-18-15-12-9-6-3)63-57(60)51-48-45-42-39-36-33-30-27-25-23-20-17-14-11-8-5-2/h15,18,26-28,30,54H,4-14,16-17,19-25,29,31-53H2,1-3H3/b18-15-,28-26-,30-27-. The second-order valence-corrected chi connectivity index (χ2v) is 18.5. The minimum atomic E-state index is -0.779. The number of esters is 3. The highest BCUT2D eigenvalue weighted by atomic mass is 16.6. The monoisotopic (exact) mass is 885 g/mol. The minimum Gasteiger partial charge on any atom is -0.462 e. The summed E-state index contributed by atoms with van der Waals surface area (Å²) in [7, 11) is 0. The zero-order valence-electron chi connectivity index (χ0n) is 42.1. The Bertz CT molecular complexity index is 1060. The Morgan fingerprint density at radius 1 is 0.302 bits per heavy atom. The summed E-state index contributed by atoms with van der Waals surface area (Å²) in [6, 6.07) is 0.